The van der Waals surface area contributed by atoms with Crippen LogP contribution in [0.15, 0.2) is 30.3 Å². The minimum atomic E-state index is -3.43. The van der Waals surface area contributed by atoms with Crippen molar-refractivity contribution in [3.05, 3.63) is 35.9 Å². The standard InChI is InChI=1S/C23H38N4O5S/c1-23(2,3)32-22(29)26-20(16-18-10-5-4-6-11-18)21(28)27-14-9-12-19(27)17-25-33(30,31)15-8-7-13-24/h4-6,10-11,19-20,25H,7-9,12-17,24H2,1-3H3,(H,26,29). The summed E-state index contributed by atoms with van der Waals surface area (Å²) in [4.78, 5) is 27.6. The van der Waals surface area contributed by atoms with Crippen LogP contribution in [0.5, 0.6) is 0 Å². The lowest BCUT2D eigenvalue weighted by molar-refractivity contribution is -0.134. The van der Waals surface area contributed by atoms with Gasteiger partial charge in [0.1, 0.15) is 11.6 Å². The summed E-state index contributed by atoms with van der Waals surface area (Å²) in [5.74, 6) is -0.226. The van der Waals surface area contributed by atoms with Crippen LogP contribution in [-0.2, 0) is 26.0 Å². The fourth-order valence-electron chi connectivity index (χ4n) is 3.77. The van der Waals surface area contributed by atoms with E-state index in [0.29, 0.717) is 38.8 Å². The first-order valence-corrected chi connectivity index (χ1v) is 13.2. The Morgan fingerprint density at radius 1 is 1.21 bits per heavy atom. The van der Waals surface area contributed by atoms with Crippen molar-refractivity contribution in [1.29, 1.82) is 0 Å². The van der Waals surface area contributed by atoms with Gasteiger partial charge in [-0.1, -0.05) is 30.3 Å². The number of nitrogens with one attached hydrogen (secondary N) is 2. The van der Waals surface area contributed by atoms with E-state index < -0.39 is 27.8 Å². The minimum absolute atomic E-state index is 0.0156. The van der Waals surface area contributed by atoms with Crippen molar-refractivity contribution in [1.82, 2.24) is 14.9 Å². The van der Waals surface area contributed by atoms with Crippen molar-refractivity contribution in [3.8, 4) is 0 Å². The van der Waals surface area contributed by atoms with Gasteiger partial charge in [0.2, 0.25) is 15.9 Å². The molecule has 2 rings (SSSR count). The van der Waals surface area contributed by atoms with E-state index in [0.717, 1.165) is 12.0 Å². The largest absolute Gasteiger partial charge is 0.444 e. The third-order valence-electron chi connectivity index (χ3n) is 5.34. The number of ether oxygens (including phenoxy) is 1. The molecule has 1 aliphatic rings. The molecular formula is C23H38N4O5S. The molecule has 10 heteroatoms. The summed E-state index contributed by atoms with van der Waals surface area (Å²) in [6.07, 6.45) is 2.27. The fraction of sp³-hybridized carbons (Fsp3) is 0.652. The Kier molecular flexibility index (Phi) is 10.1. The zero-order chi connectivity index (χ0) is 24.5. The van der Waals surface area contributed by atoms with Gasteiger partial charge in [-0.15, -0.1) is 0 Å². The number of alkyl carbamates (subject to hydrolysis) is 1. The Morgan fingerprint density at radius 2 is 1.91 bits per heavy atom. The highest BCUT2D eigenvalue weighted by Gasteiger charge is 2.35. The van der Waals surface area contributed by atoms with E-state index in [9.17, 15) is 18.0 Å². The number of unbranched alkanes of at least 4 members (excludes halogenated alkanes) is 1. The van der Waals surface area contributed by atoms with Crippen LogP contribution >= 0.6 is 0 Å². The van der Waals surface area contributed by atoms with E-state index in [4.69, 9.17) is 10.5 Å². The van der Waals surface area contributed by atoms with Gasteiger partial charge in [-0.25, -0.2) is 17.9 Å². The monoisotopic (exact) mass is 482 g/mol. The molecule has 0 saturated carbocycles. The summed E-state index contributed by atoms with van der Waals surface area (Å²) >= 11 is 0. The highest BCUT2D eigenvalue weighted by atomic mass is 32.2. The maximum Gasteiger partial charge on any atom is 0.408 e. The van der Waals surface area contributed by atoms with E-state index in [2.05, 4.69) is 10.0 Å². The lowest BCUT2D eigenvalue weighted by atomic mass is 10.0. The Labute approximate surface area is 197 Å². The molecule has 4 N–H and O–H groups in total. The zero-order valence-electron chi connectivity index (χ0n) is 19.9. The Hall–Kier alpha value is -2.17. The first-order valence-electron chi connectivity index (χ1n) is 11.5. The van der Waals surface area contributed by atoms with Crippen molar-refractivity contribution < 1.29 is 22.7 Å². The molecule has 2 unspecified atom stereocenters. The van der Waals surface area contributed by atoms with Crippen LogP contribution in [0.1, 0.15) is 52.0 Å². The van der Waals surface area contributed by atoms with Crippen molar-refractivity contribution >= 4 is 22.0 Å². The number of carbonyl (C=O) groups excluding carboxylic acids is 2. The second kappa shape index (κ2) is 12.3. The molecule has 1 heterocycles. The average Bonchev–Trinajstić information content (AvgIpc) is 3.19. The summed E-state index contributed by atoms with van der Waals surface area (Å²) in [6, 6.07) is 8.36. The summed E-state index contributed by atoms with van der Waals surface area (Å²) in [6.45, 7) is 6.40. The van der Waals surface area contributed by atoms with Crippen molar-refractivity contribution in [2.45, 2.75) is 70.6 Å². The molecule has 0 aromatic heterocycles. The van der Waals surface area contributed by atoms with Crippen molar-refractivity contribution in [2.75, 3.05) is 25.4 Å². The molecule has 186 valence electrons. The number of nitrogens with zero attached hydrogens (tertiary/aromatic N) is 1. The number of sulfonamides is 1. The number of hydrogen-bond acceptors (Lipinski definition) is 6. The van der Waals surface area contributed by atoms with E-state index in [1.165, 1.54) is 0 Å². The van der Waals surface area contributed by atoms with E-state index in [-0.39, 0.29) is 24.2 Å². The van der Waals surface area contributed by atoms with E-state index in [1.807, 2.05) is 30.3 Å². The molecule has 1 aromatic carbocycles. The Morgan fingerprint density at radius 3 is 2.55 bits per heavy atom. The fourth-order valence-corrected chi connectivity index (χ4v) is 4.94. The molecule has 0 bridgehead atoms. The maximum atomic E-state index is 13.5. The summed E-state index contributed by atoms with van der Waals surface area (Å²) in [5, 5.41) is 2.72. The number of nitrogens with two attached hydrogens (primary N) is 1. The molecule has 0 aliphatic carbocycles. The number of amides is 2. The molecular weight excluding hydrogens is 444 g/mol. The predicted octanol–water partition coefficient (Wildman–Crippen LogP) is 1.77. The molecule has 33 heavy (non-hydrogen) atoms. The third kappa shape index (κ3) is 9.69. The maximum absolute atomic E-state index is 13.5. The first kappa shape index (κ1) is 27.1. The lowest BCUT2D eigenvalue weighted by Crippen LogP contribution is -2.53. The average molecular weight is 483 g/mol. The van der Waals surface area contributed by atoms with Crippen LogP contribution < -0.4 is 15.8 Å². The first-order chi connectivity index (χ1) is 15.5. The summed E-state index contributed by atoms with van der Waals surface area (Å²) in [5.41, 5.74) is 5.65. The van der Waals surface area contributed by atoms with E-state index >= 15 is 0 Å². The highest BCUT2D eigenvalue weighted by Crippen LogP contribution is 2.20. The van der Waals surface area contributed by atoms with Crippen molar-refractivity contribution in [2.24, 2.45) is 5.73 Å². The van der Waals surface area contributed by atoms with Crippen LogP contribution in [-0.4, -0.2) is 68.4 Å². The molecule has 1 saturated heterocycles. The van der Waals surface area contributed by atoms with Gasteiger partial charge in [0.25, 0.3) is 0 Å². The van der Waals surface area contributed by atoms with Gasteiger partial charge in [-0.05, 0) is 58.6 Å². The number of benzene rings is 1. The Balaban J connectivity index is 2.08. The van der Waals surface area contributed by atoms with Crippen LogP contribution in [0.4, 0.5) is 4.79 Å². The summed E-state index contributed by atoms with van der Waals surface area (Å²) < 4.78 is 32.5. The van der Waals surface area contributed by atoms with Gasteiger partial charge in [0, 0.05) is 25.6 Å². The third-order valence-corrected chi connectivity index (χ3v) is 6.77. The van der Waals surface area contributed by atoms with Gasteiger partial charge in [0.05, 0.1) is 5.75 Å². The van der Waals surface area contributed by atoms with Gasteiger partial charge < -0.3 is 20.7 Å². The minimum Gasteiger partial charge on any atom is -0.444 e. The summed E-state index contributed by atoms with van der Waals surface area (Å²) in [7, 11) is -3.43. The second-order valence-corrected chi connectivity index (χ2v) is 11.3. The molecule has 1 fully saturated rings. The number of likely N-dealkylation sites (tertiary alicyclic amines) is 1. The number of hydrogen-bond donors (Lipinski definition) is 3. The van der Waals surface area contributed by atoms with Crippen LogP contribution in [0, 0.1) is 0 Å². The normalized spacial score (nSPS) is 17.6. The molecule has 2 amide bonds. The predicted molar refractivity (Wildman–Crippen MR) is 128 cm³/mol. The highest BCUT2D eigenvalue weighted by molar-refractivity contribution is 7.89. The molecule has 9 nitrogen and oxygen atoms in total. The lowest BCUT2D eigenvalue weighted by Gasteiger charge is -2.30. The van der Waals surface area contributed by atoms with Gasteiger partial charge >= 0.3 is 6.09 Å². The smallest absolute Gasteiger partial charge is 0.408 e. The SMILES string of the molecule is CC(C)(C)OC(=O)NC(Cc1ccccc1)C(=O)N1CCCC1CNS(=O)(=O)CCCCN. The topological polar surface area (TPSA) is 131 Å². The molecule has 0 radical (unpaired) electrons. The second-order valence-electron chi connectivity index (χ2n) is 9.38. The van der Waals surface area contributed by atoms with Crippen LogP contribution in [0.2, 0.25) is 0 Å². The van der Waals surface area contributed by atoms with Gasteiger partial charge in [-0.3, -0.25) is 4.79 Å². The Bertz CT molecular complexity index is 871. The van der Waals surface area contributed by atoms with Crippen LogP contribution in [0.25, 0.3) is 0 Å². The number of carbonyl (C=O) groups is 2. The molecule has 1 aromatic rings. The number of rotatable bonds is 11. The van der Waals surface area contributed by atoms with Crippen molar-refractivity contribution in [3.63, 3.8) is 0 Å². The molecule has 1 aliphatic heterocycles. The van der Waals surface area contributed by atoms with Gasteiger partial charge in [-0.2, -0.15) is 0 Å². The van der Waals surface area contributed by atoms with Gasteiger partial charge in [0.15, 0.2) is 0 Å². The quantitative estimate of drug-likeness (QED) is 0.412. The molecule has 2 atom stereocenters. The molecule has 0 spiro atoms. The zero-order valence-corrected chi connectivity index (χ0v) is 20.7. The van der Waals surface area contributed by atoms with Crippen LogP contribution in [0.3, 0.4) is 0 Å². The van der Waals surface area contributed by atoms with E-state index in [1.54, 1.807) is 25.7 Å².